The molecule has 1 saturated carbocycles. The molecule has 1 rings (SSSR count). The number of carbonyl (C=O) groups is 1. The van der Waals surface area contributed by atoms with Crippen LogP contribution in [0.3, 0.4) is 0 Å². The van der Waals surface area contributed by atoms with Crippen LogP contribution in [0, 0.1) is 0 Å². The Morgan fingerprint density at radius 3 is 2.41 bits per heavy atom. The van der Waals surface area contributed by atoms with Crippen LogP contribution in [0.2, 0.25) is 0 Å². The lowest BCUT2D eigenvalue weighted by molar-refractivity contribution is 0.235. The maximum absolute atomic E-state index is 11.6. The van der Waals surface area contributed by atoms with Gasteiger partial charge in [-0.3, -0.25) is 0 Å². The predicted molar refractivity (Wildman–Crippen MR) is 71.2 cm³/mol. The molecule has 4 nitrogen and oxygen atoms in total. The smallest absolute Gasteiger partial charge is 0.315 e. The Hall–Kier alpha value is -0.770. The molecule has 0 unspecified atom stereocenters. The van der Waals surface area contributed by atoms with Gasteiger partial charge in [0.1, 0.15) is 0 Å². The van der Waals surface area contributed by atoms with Crippen molar-refractivity contribution in [1.29, 1.82) is 0 Å². The second-order valence-electron chi connectivity index (χ2n) is 5.25. The molecule has 0 aliphatic heterocycles. The molecule has 1 fully saturated rings. The van der Waals surface area contributed by atoms with Gasteiger partial charge in [0.05, 0.1) is 0 Å². The summed E-state index contributed by atoms with van der Waals surface area (Å²) in [5.74, 6) is 0. The van der Waals surface area contributed by atoms with Crippen LogP contribution in [0.15, 0.2) is 0 Å². The van der Waals surface area contributed by atoms with Gasteiger partial charge in [-0.2, -0.15) is 0 Å². The second kappa shape index (κ2) is 8.34. The molecule has 1 aliphatic rings. The second-order valence-corrected chi connectivity index (χ2v) is 5.25. The molecule has 0 aromatic carbocycles. The number of hydrogen-bond donors (Lipinski definition) is 2. The minimum absolute atomic E-state index is 0.00987. The van der Waals surface area contributed by atoms with Crippen molar-refractivity contribution in [2.24, 2.45) is 0 Å². The quantitative estimate of drug-likeness (QED) is 0.571. The predicted octanol–water partition coefficient (Wildman–Crippen LogP) is 1.96. The minimum atomic E-state index is 0.00987. The number of nitrogens with one attached hydrogen (secondary N) is 2. The number of urea groups is 1. The first-order chi connectivity index (χ1) is 8.18. The highest BCUT2D eigenvalue weighted by molar-refractivity contribution is 5.74. The van der Waals surface area contributed by atoms with Gasteiger partial charge >= 0.3 is 6.03 Å². The van der Waals surface area contributed by atoms with Crippen LogP contribution in [-0.4, -0.2) is 44.2 Å². The average molecular weight is 241 g/mol. The maximum atomic E-state index is 11.6. The van der Waals surface area contributed by atoms with E-state index in [1.54, 1.807) is 0 Å². The summed E-state index contributed by atoms with van der Waals surface area (Å²) in [7, 11) is 4.09. The average Bonchev–Trinajstić information content (AvgIpc) is 2.53. The Morgan fingerprint density at radius 1 is 1.18 bits per heavy atom. The van der Waals surface area contributed by atoms with Gasteiger partial charge in [0.15, 0.2) is 0 Å². The Bertz CT molecular complexity index is 211. The van der Waals surface area contributed by atoms with Crippen LogP contribution in [0.5, 0.6) is 0 Å². The van der Waals surface area contributed by atoms with Gasteiger partial charge in [0.25, 0.3) is 0 Å². The van der Waals surface area contributed by atoms with E-state index in [1.807, 2.05) is 14.1 Å². The van der Waals surface area contributed by atoms with Gasteiger partial charge in [-0.25, -0.2) is 4.79 Å². The molecule has 0 heterocycles. The minimum Gasteiger partial charge on any atom is -0.338 e. The summed E-state index contributed by atoms with van der Waals surface area (Å²) in [6.45, 7) is 1.78. The summed E-state index contributed by atoms with van der Waals surface area (Å²) in [5.41, 5.74) is 0. The molecule has 1 aliphatic carbocycles. The van der Waals surface area contributed by atoms with E-state index >= 15 is 0 Å². The first kappa shape index (κ1) is 14.3. The molecule has 4 heteroatoms. The van der Waals surface area contributed by atoms with E-state index in [-0.39, 0.29) is 6.03 Å². The fourth-order valence-electron chi connectivity index (χ4n) is 2.26. The van der Waals surface area contributed by atoms with Gasteiger partial charge in [0, 0.05) is 12.6 Å². The fraction of sp³-hybridized carbons (Fsp3) is 0.923. The van der Waals surface area contributed by atoms with Crippen LogP contribution >= 0.6 is 0 Å². The topological polar surface area (TPSA) is 44.4 Å². The molecule has 0 atom stereocenters. The zero-order valence-electron chi connectivity index (χ0n) is 11.3. The monoisotopic (exact) mass is 241 g/mol. The number of carbonyl (C=O) groups excluding carboxylic acids is 1. The van der Waals surface area contributed by atoms with Gasteiger partial charge in [-0.05, 0) is 39.9 Å². The first-order valence-corrected chi connectivity index (χ1v) is 6.87. The highest BCUT2D eigenvalue weighted by Gasteiger charge is 2.13. The van der Waals surface area contributed by atoms with Crippen molar-refractivity contribution in [3.63, 3.8) is 0 Å². The molecule has 17 heavy (non-hydrogen) atoms. The fourth-order valence-corrected chi connectivity index (χ4v) is 2.26. The van der Waals surface area contributed by atoms with Crippen LogP contribution < -0.4 is 10.6 Å². The highest BCUT2D eigenvalue weighted by Crippen LogP contribution is 2.16. The molecule has 0 bridgehead atoms. The molecule has 100 valence electrons. The molecule has 0 radical (unpaired) electrons. The Kier molecular flexibility index (Phi) is 7.01. The zero-order valence-corrected chi connectivity index (χ0v) is 11.3. The summed E-state index contributed by atoms with van der Waals surface area (Å²) in [4.78, 5) is 13.8. The summed E-state index contributed by atoms with van der Waals surface area (Å²) in [6, 6.07) is 0.405. The van der Waals surface area contributed by atoms with Crippen molar-refractivity contribution in [3.8, 4) is 0 Å². The van der Waals surface area contributed by atoms with Crippen molar-refractivity contribution < 1.29 is 4.79 Å². The Balaban J connectivity index is 2.07. The Labute approximate surface area is 105 Å². The van der Waals surface area contributed by atoms with E-state index in [0.29, 0.717) is 6.04 Å². The number of nitrogens with zero attached hydrogens (tertiary/aromatic N) is 1. The normalized spacial score (nSPS) is 17.8. The summed E-state index contributed by atoms with van der Waals surface area (Å²) < 4.78 is 0. The van der Waals surface area contributed by atoms with E-state index in [0.717, 1.165) is 32.4 Å². The van der Waals surface area contributed by atoms with E-state index < -0.39 is 0 Å². The Morgan fingerprint density at radius 2 is 1.82 bits per heavy atom. The maximum Gasteiger partial charge on any atom is 0.315 e. The van der Waals surface area contributed by atoms with Crippen LogP contribution in [0.4, 0.5) is 4.79 Å². The third kappa shape index (κ3) is 7.21. The van der Waals surface area contributed by atoms with Gasteiger partial charge in [-0.15, -0.1) is 0 Å². The summed E-state index contributed by atoms with van der Waals surface area (Å²) >= 11 is 0. The lowest BCUT2D eigenvalue weighted by atomic mass is 10.1. The van der Waals surface area contributed by atoms with Crippen molar-refractivity contribution in [2.45, 2.75) is 51.0 Å². The first-order valence-electron chi connectivity index (χ1n) is 6.87. The molecule has 2 N–H and O–H groups in total. The standard InChI is InChI=1S/C13H27N3O/c1-16(2)11-7-10-14-13(17)15-12-8-5-3-4-6-9-12/h12H,3-11H2,1-2H3,(H2,14,15,17). The van der Waals surface area contributed by atoms with Crippen molar-refractivity contribution in [1.82, 2.24) is 15.5 Å². The molecule has 0 aromatic rings. The number of hydrogen-bond acceptors (Lipinski definition) is 2. The van der Waals surface area contributed by atoms with E-state index in [9.17, 15) is 4.79 Å². The molecule has 0 aromatic heterocycles. The van der Waals surface area contributed by atoms with Crippen molar-refractivity contribution in [3.05, 3.63) is 0 Å². The number of amides is 2. The van der Waals surface area contributed by atoms with E-state index in [2.05, 4.69) is 15.5 Å². The van der Waals surface area contributed by atoms with E-state index in [1.165, 1.54) is 25.7 Å². The summed E-state index contributed by atoms with van der Waals surface area (Å²) in [5, 5.41) is 6.01. The molecular formula is C13H27N3O. The number of rotatable bonds is 5. The highest BCUT2D eigenvalue weighted by atomic mass is 16.2. The zero-order chi connectivity index (χ0) is 12.5. The van der Waals surface area contributed by atoms with Crippen LogP contribution in [-0.2, 0) is 0 Å². The van der Waals surface area contributed by atoms with Crippen molar-refractivity contribution in [2.75, 3.05) is 27.2 Å². The third-order valence-electron chi connectivity index (χ3n) is 3.26. The van der Waals surface area contributed by atoms with Crippen LogP contribution in [0.25, 0.3) is 0 Å². The molecular weight excluding hydrogens is 214 g/mol. The molecule has 0 spiro atoms. The van der Waals surface area contributed by atoms with Crippen LogP contribution in [0.1, 0.15) is 44.9 Å². The lowest BCUT2D eigenvalue weighted by Crippen LogP contribution is -2.42. The largest absolute Gasteiger partial charge is 0.338 e. The SMILES string of the molecule is CN(C)CCCNC(=O)NC1CCCCCC1. The molecule has 0 saturated heterocycles. The van der Waals surface area contributed by atoms with Gasteiger partial charge in [-0.1, -0.05) is 25.7 Å². The third-order valence-corrected chi connectivity index (χ3v) is 3.26. The van der Waals surface area contributed by atoms with E-state index in [4.69, 9.17) is 0 Å². The van der Waals surface area contributed by atoms with Gasteiger partial charge < -0.3 is 15.5 Å². The van der Waals surface area contributed by atoms with Crippen molar-refractivity contribution >= 4 is 6.03 Å². The lowest BCUT2D eigenvalue weighted by Gasteiger charge is -2.17. The molecule has 2 amide bonds. The van der Waals surface area contributed by atoms with Gasteiger partial charge in [0.2, 0.25) is 0 Å². The summed E-state index contributed by atoms with van der Waals surface area (Å²) in [6.07, 6.45) is 8.45.